The van der Waals surface area contributed by atoms with Crippen LogP contribution in [0.4, 0.5) is 10.1 Å². The van der Waals surface area contributed by atoms with E-state index >= 15 is 0 Å². The minimum Gasteiger partial charge on any atom is -0.384 e. The van der Waals surface area contributed by atoms with E-state index < -0.39 is 15.8 Å². The Morgan fingerprint density at radius 1 is 1.26 bits per heavy atom. The van der Waals surface area contributed by atoms with Gasteiger partial charge in [0.15, 0.2) is 0 Å². The fraction of sp³-hybridized carbons (Fsp3) is 0.304. The number of piperidine rings is 1. The average Bonchev–Trinajstić information content (AvgIpc) is 2.77. The van der Waals surface area contributed by atoms with E-state index in [-0.39, 0.29) is 11.5 Å². The number of halogens is 1. The first-order valence-corrected chi connectivity index (χ1v) is 12.0. The van der Waals surface area contributed by atoms with Crippen molar-refractivity contribution in [3.05, 3.63) is 60.2 Å². The predicted octanol–water partition coefficient (Wildman–Crippen LogP) is 4.00. The van der Waals surface area contributed by atoms with Crippen LogP contribution in [-0.2, 0) is 10.0 Å². The molecule has 160 valence electrons. The van der Waals surface area contributed by atoms with Crippen molar-refractivity contribution < 1.29 is 12.8 Å². The lowest BCUT2D eigenvalue weighted by molar-refractivity contribution is 0.277. The molecular formula is C23H23FN4O2S. The largest absolute Gasteiger partial charge is 0.384 e. The number of sulfonamides is 1. The minimum absolute atomic E-state index is 0.00454. The summed E-state index contributed by atoms with van der Waals surface area (Å²) < 4.78 is 39.1. The number of hydrogen-bond acceptors (Lipinski definition) is 5. The Hall–Kier alpha value is -3.02. The van der Waals surface area contributed by atoms with Gasteiger partial charge in [0.1, 0.15) is 11.9 Å². The second-order valence-corrected chi connectivity index (χ2v) is 9.92. The maximum Gasteiger partial charge on any atom is 0.211 e. The number of fused-ring (bicyclic) bond motifs is 1. The van der Waals surface area contributed by atoms with Crippen molar-refractivity contribution in [3.63, 3.8) is 0 Å². The molecule has 1 fully saturated rings. The molecule has 1 N–H and O–H groups in total. The number of anilines is 1. The molecule has 2 aromatic carbocycles. The lowest BCUT2D eigenvalue weighted by Crippen LogP contribution is -2.41. The zero-order chi connectivity index (χ0) is 22.0. The fourth-order valence-electron chi connectivity index (χ4n) is 4.05. The normalized spacial score (nSPS) is 17.4. The van der Waals surface area contributed by atoms with Gasteiger partial charge in [0.25, 0.3) is 0 Å². The van der Waals surface area contributed by atoms with Crippen LogP contribution in [0.5, 0.6) is 0 Å². The van der Waals surface area contributed by atoms with Gasteiger partial charge in [-0.05, 0) is 65.6 Å². The highest BCUT2D eigenvalue weighted by atomic mass is 32.2. The van der Waals surface area contributed by atoms with E-state index in [0.29, 0.717) is 19.6 Å². The first-order chi connectivity index (χ1) is 14.8. The highest BCUT2D eigenvalue weighted by Gasteiger charge is 2.25. The second-order valence-electron chi connectivity index (χ2n) is 7.94. The zero-order valence-corrected chi connectivity index (χ0v) is 18.0. The van der Waals surface area contributed by atoms with Crippen molar-refractivity contribution in [1.29, 1.82) is 5.26 Å². The third-order valence-corrected chi connectivity index (χ3v) is 6.98. The second kappa shape index (κ2) is 8.61. The smallest absolute Gasteiger partial charge is 0.211 e. The van der Waals surface area contributed by atoms with Crippen molar-refractivity contribution in [2.75, 3.05) is 31.2 Å². The van der Waals surface area contributed by atoms with Crippen molar-refractivity contribution in [2.45, 2.75) is 12.8 Å². The van der Waals surface area contributed by atoms with Gasteiger partial charge in [-0.15, -0.1) is 0 Å². The van der Waals surface area contributed by atoms with Gasteiger partial charge in [-0.2, -0.15) is 5.26 Å². The van der Waals surface area contributed by atoms with Gasteiger partial charge in [-0.1, -0.05) is 6.07 Å². The van der Waals surface area contributed by atoms with Crippen LogP contribution in [0.15, 0.2) is 48.8 Å². The predicted molar refractivity (Wildman–Crippen MR) is 119 cm³/mol. The Morgan fingerprint density at radius 2 is 2.10 bits per heavy atom. The SMILES string of the molecule is CS(=O)(=O)N1CCCC(CNc2cc(-c3ccc(F)c(C#N)c3)cc3ccncc23)C1. The van der Waals surface area contributed by atoms with E-state index in [0.717, 1.165) is 40.4 Å². The summed E-state index contributed by atoms with van der Waals surface area (Å²) in [5.41, 5.74) is 2.49. The molecule has 6 nitrogen and oxygen atoms in total. The summed E-state index contributed by atoms with van der Waals surface area (Å²) >= 11 is 0. The third kappa shape index (κ3) is 4.68. The number of benzene rings is 2. The molecule has 1 saturated heterocycles. The van der Waals surface area contributed by atoms with E-state index in [1.807, 2.05) is 24.3 Å². The van der Waals surface area contributed by atoms with Crippen molar-refractivity contribution in [2.24, 2.45) is 5.92 Å². The quantitative estimate of drug-likeness (QED) is 0.651. The number of pyridine rings is 1. The summed E-state index contributed by atoms with van der Waals surface area (Å²) in [5, 5.41) is 14.6. The Balaban J connectivity index is 1.64. The van der Waals surface area contributed by atoms with Crippen LogP contribution < -0.4 is 5.32 Å². The highest BCUT2D eigenvalue weighted by Crippen LogP contribution is 2.32. The molecule has 0 spiro atoms. The standard InChI is InChI=1S/C23H23FN4O2S/c1-31(29,30)28-8-2-3-16(15-28)13-27-23-11-19(10-18-6-7-26-14-21(18)23)17-4-5-22(24)20(9-17)12-25/h4-7,9-11,14,16,27H,2-3,8,13,15H2,1H3. The molecule has 1 unspecified atom stereocenters. The van der Waals surface area contributed by atoms with Gasteiger partial charge in [-0.3, -0.25) is 4.98 Å². The molecule has 0 aliphatic carbocycles. The molecule has 1 aromatic heterocycles. The number of nitrogens with zero attached hydrogens (tertiary/aromatic N) is 3. The van der Waals surface area contributed by atoms with E-state index in [4.69, 9.17) is 5.26 Å². The van der Waals surface area contributed by atoms with Gasteiger partial charge in [0.2, 0.25) is 10.0 Å². The minimum atomic E-state index is -3.19. The fourth-order valence-corrected chi connectivity index (χ4v) is 4.99. The molecule has 0 radical (unpaired) electrons. The number of aromatic nitrogens is 1. The molecule has 3 aromatic rings. The van der Waals surface area contributed by atoms with E-state index in [1.54, 1.807) is 28.8 Å². The van der Waals surface area contributed by atoms with Gasteiger partial charge >= 0.3 is 0 Å². The first-order valence-electron chi connectivity index (χ1n) is 10.1. The molecule has 2 heterocycles. The molecule has 0 saturated carbocycles. The molecule has 4 rings (SSSR count). The molecule has 1 aliphatic heterocycles. The number of hydrogen-bond donors (Lipinski definition) is 1. The lowest BCUT2D eigenvalue weighted by atomic mass is 9.97. The molecule has 1 aliphatic rings. The average molecular weight is 439 g/mol. The van der Waals surface area contributed by atoms with Crippen molar-refractivity contribution in [3.8, 4) is 17.2 Å². The summed E-state index contributed by atoms with van der Waals surface area (Å²) in [6.45, 7) is 1.71. The first kappa shape index (κ1) is 21.2. The molecule has 0 amide bonds. The maximum atomic E-state index is 13.8. The van der Waals surface area contributed by atoms with Gasteiger partial charge < -0.3 is 5.32 Å². The monoisotopic (exact) mass is 438 g/mol. The molecule has 31 heavy (non-hydrogen) atoms. The highest BCUT2D eigenvalue weighted by molar-refractivity contribution is 7.88. The van der Waals surface area contributed by atoms with E-state index in [9.17, 15) is 12.8 Å². The van der Waals surface area contributed by atoms with Gasteiger partial charge in [0, 0.05) is 43.1 Å². The Morgan fingerprint density at radius 3 is 2.87 bits per heavy atom. The molecule has 8 heteroatoms. The number of rotatable bonds is 5. The van der Waals surface area contributed by atoms with Crippen LogP contribution >= 0.6 is 0 Å². The molecular weight excluding hydrogens is 415 g/mol. The van der Waals surface area contributed by atoms with Crippen LogP contribution in [0.1, 0.15) is 18.4 Å². The van der Waals surface area contributed by atoms with Crippen LogP contribution in [0.2, 0.25) is 0 Å². The Labute approximate surface area is 181 Å². The summed E-state index contributed by atoms with van der Waals surface area (Å²) in [7, 11) is -3.19. The summed E-state index contributed by atoms with van der Waals surface area (Å²) in [5.74, 6) is -0.336. The van der Waals surface area contributed by atoms with Crippen LogP contribution in [0.25, 0.3) is 21.9 Å². The van der Waals surface area contributed by atoms with Crippen molar-refractivity contribution in [1.82, 2.24) is 9.29 Å². The molecule has 0 bridgehead atoms. The van der Waals surface area contributed by atoms with Gasteiger partial charge in [0.05, 0.1) is 11.8 Å². The summed E-state index contributed by atoms with van der Waals surface area (Å²) in [6.07, 6.45) is 6.55. The van der Waals surface area contributed by atoms with Crippen molar-refractivity contribution >= 4 is 26.5 Å². The van der Waals surface area contributed by atoms with Gasteiger partial charge in [-0.25, -0.2) is 17.1 Å². The number of nitrogens with one attached hydrogen (secondary N) is 1. The van der Waals surface area contributed by atoms with Crippen LogP contribution in [0, 0.1) is 23.1 Å². The Bertz CT molecular complexity index is 1270. The summed E-state index contributed by atoms with van der Waals surface area (Å²) in [4.78, 5) is 4.23. The zero-order valence-electron chi connectivity index (χ0n) is 17.2. The lowest BCUT2D eigenvalue weighted by Gasteiger charge is -2.31. The molecule has 1 atom stereocenters. The Kier molecular flexibility index (Phi) is 5.90. The van der Waals surface area contributed by atoms with E-state index in [2.05, 4.69) is 10.3 Å². The van der Waals surface area contributed by atoms with Crippen LogP contribution in [0.3, 0.4) is 0 Å². The summed E-state index contributed by atoms with van der Waals surface area (Å²) in [6, 6.07) is 12.3. The maximum absolute atomic E-state index is 13.8. The van der Waals surface area contributed by atoms with E-state index in [1.165, 1.54) is 12.3 Å². The van der Waals surface area contributed by atoms with Crippen LogP contribution in [-0.4, -0.2) is 43.6 Å². The topological polar surface area (TPSA) is 86.1 Å². The number of nitriles is 1. The third-order valence-electron chi connectivity index (χ3n) is 5.71.